The van der Waals surface area contributed by atoms with Crippen LogP contribution in [0.2, 0.25) is 10.0 Å². The maximum absolute atomic E-state index is 14.6. The highest BCUT2D eigenvalue weighted by Crippen LogP contribution is 2.44. The second-order valence-corrected chi connectivity index (χ2v) is 12.2. The van der Waals surface area contributed by atoms with Gasteiger partial charge in [-0.05, 0) is 55.7 Å². The summed E-state index contributed by atoms with van der Waals surface area (Å²) < 4.78 is 1.60. The number of hydrogen-bond donors (Lipinski definition) is 2. The standard InChI is InChI=1S/C32H32Cl2N6O3/c1-6-24(42)38-15-19-13-36-28-30(39(19)14-18(38)5)20-12-22(34)27(25-21(33)8-7-9-23(25)41)37-31(20)40(32(28)43)29-17(4)10-11-35-26(29)16(2)3/h6-12,16,18-19,36,41H,1,13-15H2,2-5H3. The molecular weight excluding hydrogens is 587 g/mol. The first kappa shape index (κ1) is 29.0. The van der Waals surface area contributed by atoms with Crippen molar-refractivity contribution in [1.82, 2.24) is 19.4 Å². The summed E-state index contributed by atoms with van der Waals surface area (Å²) in [7, 11) is 0. The van der Waals surface area contributed by atoms with Crippen LogP contribution in [0.5, 0.6) is 5.75 Å². The van der Waals surface area contributed by atoms with Gasteiger partial charge < -0.3 is 20.2 Å². The summed E-state index contributed by atoms with van der Waals surface area (Å²) in [5, 5.41) is 15.4. The molecule has 3 aromatic heterocycles. The molecule has 222 valence electrons. The Morgan fingerprint density at radius 2 is 1.95 bits per heavy atom. The van der Waals surface area contributed by atoms with Gasteiger partial charge in [-0.3, -0.25) is 19.1 Å². The topological polar surface area (TPSA) is 104 Å². The molecular formula is C32H32Cl2N6O3. The number of aromatic nitrogens is 3. The first-order chi connectivity index (χ1) is 20.5. The van der Waals surface area contributed by atoms with Crippen molar-refractivity contribution in [3.63, 3.8) is 0 Å². The molecule has 2 atom stereocenters. The van der Waals surface area contributed by atoms with E-state index in [1.807, 2.05) is 38.7 Å². The molecule has 2 aliphatic heterocycles. The Hall–Kier alpha value is -4.08. The summed E-state index contributed by atoms with van der Waals surface area (Å²) in [6, 6.07) is 8.25. The minimum absolute atomic E-state index is 0.0147. The molecule has 6 rings (SSSR count). The molecule has 2 aliphatic rings. The zero-order valence-corrected chi connectivity index (χ0v) is 25.9. The maximum Gasteiger partial charge on any atom is 0.282 e. The number of aryl methyl sites for hydroxylation is 1. The smallest absolute Gasteiger partial charge is 0.282 e. The van der Waals surface area contributed by atoms with Crippen LogP contribution in [-0.2, 0) is 4.79 Å². The number of rotatable bonds is 4. The van der Waals surface area contributed by atoms with E-state index in [0.29, 0.717) is 47.7 Å². The molecule has 0 saturated carbocycles. The molecule has 9 nitrogen and oxygen atoms in total. The van der Waals surface area contributed by atoms with Crippen LogP contribution in [0, 0.1) is 6.92 Å². The lowest BCUT2D eigenvalue weighted by atomic mass is 9.99. The second-order valence-electron chi connectivity index (χ2n) is 11.4. The van der Waals surface area contributed by atoms with Gasteiger partial charge >= 0.3 is 0 Å². The number of carbonyl (C=O) groups excluding carboxylic acids is 1. The Morgan fingerprint density at radius 1 is 1.19 bits per heavy atom. The predicted molar refractivity (Wildman–Crippen MR) is 172 cm³/mol. The van der Waals surface area contributed by atoms with Crippen LogP contribution in [0.25, 0.3) is 28.0 Å². The SMILES string of the molecule is C=CC(=O)N1CC2CNc3c(c4cc(Cl)c(-c5c(O)cccc5Cl)nc4n(-c4c(C)ccnc4C(C)C)c3=O)N2CC1C. The van der Waals surface area contributed by atoms with E-state index in [9.17, 15) is 14.7 Å². The Kier molecular flexibility index (Phi) is 7.34. The summed E-state index contributed by atoms with van der Waals surface area (Å²) >= 11 is 13.5. The van der Waals surface area contributed by atoms with E-state index in [0.717, 1.165) is 11.3 Å². The third-order valence-corrected chi connectivity index (χ3v) is 8.93. The van der Waals surface area contributed by atoms with Gasteiger partial charge in [0.15, 0.2) is 5.65 Å². The van der Waals surface area contributed by atoms with Crippen LogP contribution >= 0.6 is 23.2 Å². The molecule has 4 aromatic rings. The highest BCUT2D eigenvalue weighted by molar-refractivity contribution is 6.37. The largest absolute Gasteiger partial charge is 0.507 e. The number of hydrogen-bond acceptors (Lipinski definition) is 7. The fourth-order valence-corrected chi connectivity index (χ4v) is 6.78. The molecule has 43 heavy (non-hydrogen) atoms. The molecule has 0 bridgehead atoms. The van der Waals surface area contributed by atoms with E-state index < -0.39 is 0 Å². The van der Waals surface area contributed by atoms with Crippen molar-refractivity contribution in [1.29, 1.82) is 0 Å². The number of halogens is 2. The summed E-state index contributed by atoms with van der Waals surface area (Å²) in [5.41, 5.74) is 4.00. The number of pyridine rings is 3. The Bertz CT molecular complexity index is 1850. The molecule has 1 saturated heterocycles. The number of carbonyl (C=O) groups is 1. The lowest BCUT2D eigenvalue weighted by Crippen LogP contribution is -2.62. The molecule has 1 aromatic carbocycles. The van der Waals surface area contributed by atoms with Crippen LogP contribution in [0.1, 0.15) is 37.9 Å². The normalized spacial score (nSPS) is 17.9. The van der Waals surface area contributed by atoms with Crippen LogP contribution in [0.15, 0.2) is 54.0 Å². The third-order valence-electron chi connectivity index (χ3n) is 8.33. The van der Waals surface area contributed by atoms with Crippen molar-refractivity contribution in [3.05, 3.63) is 80.8 Å². The number of phenolic OH excluding ortho intramolecular Hbond substituents is 1. The summed E-state index contributed by atoms with van der Waals surface area (Å²) in [5.74, 6) is -0.187. The van der Waals surface area contributed by atoms with Gasteiger partial charge in [-0.2, -0.15) is 0 Å². The molecule has 2 unspecified atom stereocenters. The highest BCUT2D eigenvalue weighted by Gasteiger charge is 2.39. The van der Waals surface area contributed by atoms with Gasteiger partial charge in [-0.25, -0.2) is 4.98 Å². The van der Waals surface area contributed by atoms with Crippen LogP contribution in [0.4, 0.5) is 11.4 Å². The molecule has 2 N–H and O–H groups in total. The maximum atomic E-state index is 14.6. The minimum Gasteiger partial charge on any atom is -0.507 e. The Balaban J connectivity index is 1.70. The van der Waals surface area contributed by atoms with E-state index in [4.69, 9.17) is 28.2 Å². The van der Waals surface area contributed by atoms with Crippen LogP contribution < -0.4 is 15.8 Å². The average molecular weight is 620 g/mol. The van der Waals surface area contributed by atoms with Crippen molar-refractivity contribution in [3.8, 4) is 22.7 Å². The zero-order valence-electron chi connectivity index (χ0n) is 24.4. The molecule has 0 aliphatic carbocycles. The molecule has 1 amide bonds. The van der Waals surface area contributed by atoms with Gasteiger partial charge in [0.05, 0.1) is 44.4 Å². The van der Waals surface area contributed by atoms with E-state index in [-0.39, 0.29) is 56.5 Å². The summed E-state index contributed by atoms with van der Waals surface area (Å²) in [4.78, 5) is 40.9. The number of piperazine rings is 1. The first-order valence-corrected chi connectivity index (χ1v) is 15.0. The molecule has 11 heteroatoms. The summed E-state index contributed by atoms with van der Waals surface area (Å²) in [6.07, 6.45) is 3.08. The molecule has 0 radical (unpaired) electrons. The lowest BCUT2D eigenvalue weighted by Gasteiger charge is -2.49. The number of nitrogens with one attached hydrogen (secondary N) is 1. The van der Waals surface area contributed by atoms with Crippen LogP contribution in [-0.4, -0.2) is 62.2 Å². The van der Waals surface area contributed by atoms with Gasteiger partial charge in [0.2, 0.25) is 5.91 Å². The first-order valence-electron chi connectivity index (χ1n) is 14.2. The van der Waals surface area contributed by atoms with E-state index >= 15 is 0 Å². The third kappa shape index (κ3) is 4.62. The Morgan fingerprint density at radius 3 is 2.65 bits per heavy atom. The van der Waals surface area contributed by atoms with Gasteiger partial charge in [-0.1, -0.05) is 49.7 Å². The number of amides is 1. The summed E-state index contributed by atoms with van der Waals surface area (Å²) in [6.45, 7) is 13.1. The number of anilines is 2. The Labute approximate surface area is 259 Å². The van der Waals surface area contributed by atoms with Crippen molar-refractivity contribution in [2.45, 2.75) is 45.7 Å². The van der Waals surface area contributed by atoms with Gasteiger partial charge in [0.25, 0.3) is 5.56 Å². The predicted octanol–water partition coefficient (Wildman–Crippen LogP) is 5.91. The van der Waals surface area contributed by atoms with Gasteiger partial charge in [0, 0.05) is 37.3 Å². The van der Waals surface area contributed by atoms with Crippen molar-refractivity contribution < 1.29 is 9.90 Å². The number of phenols is 1. The number of benzene rings is 1. The number of aromatic hydroxyl groups is 1. The number of fused-ring (bicyclic) bond motifs is 5. The molecule has 5 heterocycles. The van der Waals surface area contributed by atoms with Crippen molar-refractivity contribution in [2.75, 3.05) is 29.9 Å². The van der Waals surface area contributed by atoms with Gasteiger partial charge in [-0.15, -0.1) is 0 Å². The van der Waals surface area contributed by atoms with Gasteiger partial charge in [0.1, 0.15) is 11.4 Å². The number of nitrogens with zero attached hydrogens (tertiary/aromatic N) is 5. The fourth-order valence-electron chi connectivity index (χ4n) is 6.27. The van der Waals surface area contributed by atoms with Crippen molar-refractivity contribution >= 4 is 51.5 Å². The lowest BCUT2D eigenvalue weighted by molar-refractivity contribution is -0.128. The average Bonchev–Trinajstić information content (AvgIpc) is 2.97. The van der Waals surface area contributed by atoms with E-state index in [2.05, 4.69) is 21.8 Å². The van der Waals surface area contributed by atoms with Crippen LogP contribution in [0.3, 0.4) is 0 Å². The minimum atomic E-state index is -0.277. The highest BCUT2D eigenvalue weighted by atomic mass is 35.5. The van der Waals surface area contributed by atoms with Crippen molar-refractivity contribution in [2.24, 2.45) is 0 Å². The van der Waals surface area contributed by atoms with E-state index in [1.54, 1.807) is 29.0 Å². The zero-order chi connectivity index (χ0) is 30.7. The molecule has 0 spiro atoms. The fraction of sp³-hybridized carbons (Fsp3) is 0.312. The molecule has 1 fully saturated rings. The quantitative estimate of drug-likeness (QED) is 0.274. The van der Waals surface area contributed by atoms with E-state index in [1.165, 1.54) is 12.1 Å². The second kappa shape index (κ2) is 10.9. The monoisotopic (exact) mass is 618 g/mol.